The van der Waals surface area contributed by atoms with Gasteiger partial charge < -0.3 is 4.74 Å². The fraction of sp³-hybridized carbons (Fsp3) is 0.163. The van der Waals surface area contributed by atoms with Crippen LogP contribution < -0.4 is 15.9 Å². The molecule has 260 valence electrons. The number of para-hydroxylation sites is 4. The third kappa shape index (κ3) is 3.41. The number of benzene rings is 7. The second kappa shape index (κ2) is 10.5. The third-order valence-corrected chi connectivity index (χ3v) is 12.5. The smallest absolute Gasteiger partial charge is 0.264 e. The van der Waals surface area contributed by atoms with Crippen LogP contribution in [-0.2, 0) is 16.4 Å². The van der Waals surface area contributed by atoms with Gasteiger partial charge in [-0.15, -0.1) is 0 Å². The van der Waals surface area contributed by atoms with Crippen molar-refractivity contribution in [1.82, 2.24) is 18.8 Å². The molecule has 7 aromatic carbocycles. The van der Waals surface area contributed by atoms with Crippen LogP contribution in [0.4, 0.5) is 0 Å². The van der Waals surface area contributed by atoms with Crippen molar-refractivity contribution in [2.75, 3.05) is 0 Å². The zero-order valence-corrected chi connectivity index (χ0v) is 30.7. The maximum Gasteiger partial charge on any atom is 0.264 e. The van der Waals surface area contributed by atoms with Gasteiger partial charge in [-0.25, -0.2) is 18.4 Å². The summed E-state index contributed by atoms with van der Waals surface area (Å²) in [5.41, 5.74) is 3.82. The lowest BCUT2D eigenvalue weighted by Gasteiger charge is -2.25. The van der Waals surface area contributed by atoms with Gasteiger partial charge in [-0.2, -0.15) is 0 Å². The van der Waals surface area contributed by atoms with E-state index in [1.807, 2.05) is 102 Å². The Bertz CT molecular complexity index is 3610. The molecule has 0 N–H and O–H groups in total. The van der Waals surface area contributed by atoms with E-state index in [2.05, 4.69) is 0 Å². The minimum Gasteiger partial charge on any atom is -0.488 e. The van der Waals surface area contributed by atoms with E-state index < -0.39 is 9.84 Å². The molecule has 2 aliphatic rings. The van der Waals surface area contributed by atoms with Crippen molar-refractivity contribution in [2.45, 2.75) is 57.9 Å². The molecule has 0 saturated heterocycles. The first kappa shape index (κ1) is 31.6. The summed E-state index contributed by atoms with van der Waals surface area (Å²) in [6.07, 6.45) is 0. The van der Waals surface area contributed by atoms with E-state index in [0.717, 1.165) is 27.1 Å². The van der Waals surface area contributed by atoms with Crippen LogP contribution in [-0.4, -0.2) is 27.2 Å². The number of rotatable bonds is 0. The molecular formula is C43H32N4O5S. The molecule has 0 spiro atoms. The van der Waals surface area contributed by atoms with Crippen LogP contribution in [0.2, 0.25) is 0 Å². The average Bonchev–Trinajstić information content (AvgIpc) is 3.86. The van der Waals surface area contributed by atoms with Crippen LogP contribution in [0.3, 0.4) is 0 Å². The van der Waals surface area contributed by atoms with E-state index in [4.69, 9.17) is 14.7 Å². The molecule has 9 nitrogen and oxygen atoms in total. The fourth-order valence-corrected chi connectivity index (χ4v) is 10.7. The van der Waals surface area contributed by atoms with Gasteiger partial charge in [0.05, 0.1) is 37.2 Å². The number of nitrogens with zero attached hydrogens (tertiary/aromatic N) is 4. The first-order chi connectivity index (χ1) is 25.9. The Labute approximate surface area is 301 Å². The summed E-state index contributed by atoms with van der Waals surface area (Å²) in [6, 6.07) is 21.9. The summed E-state index contributed by atoms with van der Waals surface area (Å²) < 4.78 is 39.1. The first-order valence-electron chi connectivity index (χ1n) is 18.2. The van der Waals surface area contributed by atoms with E-state index in [0.29, 0.717) is 82.2 Å². The minimum absolute atomic E-state index is 0.0938. The van der Waals surface area contributed by atoms with Gasteiger partial charge in [-0.3, -0.25) is 18.4 Å². The van der Waals surface area contributed by atoms with E-state index in [-0.39, 0.29) is 27.5 Å². The van der Waals surface area contributed by atoms with Gasteiger partial charge >= 0.3 is 0 Å². The van der Waals surface area contributed by atoms with Gasteiger partial charge in [-0.1, -0.05) is 65.8 Å². The first-order valence-corrected chi connectivity index (χ1v) is 19.7. The van der Waals surface area contributed by atoms with Crippen molar-refractivity contribution in [1.29, 1.82) is 0 Å². The summed E-state index contributed by atoms with van der Waals surface area (Å²) in [5, 5.41) is 7.67. The SMILES string of the molecule is CC.CC.CC.O=c1c2cc3c4c5c(cc6c7c(cc8c(c9c(cc(c2c49)c2nc4ccccc4n12)S8(=O)=O)c57)c(=O)n1c2ccccc2nc61)OC3. The number of fused-ring (bicyclic) bond motifs is 8. The van der Waals surface area contributed by atoms with E-state index in [9.17, 15) is 18.0 Å². The van der Waals surface area contributed by atoms with Gasteiger partial charge in [0.1, 0.15) is 23.7 Å². The molecule has 53 heavy (non-hydrogen) atoms. The van der Waals surface area contributed by atoms with Crippen molar-refractivity contribution in [3.8, 4) is 5.75 Å². The number of pyridine rings is 2. The number of imidazole rings is 2. The highest BCUT2D eigenvalue weighted by Gasteiger charge is 2.39. The molecule has 6 heterocycles. The number of hydrogen-bond donors (Lipinski definition) is 0. The monoisotopic (exact) mass is 716 g/mol. The number of hydrogen-bond acceptors (Lipinski definition) is 7. The minimum atomic E-state index is -4.09. The lowest BCUT2D eigenvalue weighted by Crippen LogP contribution is -2.16. The highest BCUT2D eigenvalue weighted by Crippen LogP contribution is 2.57. The van der Waals surface area contributed by atoms with Crippen molar-refractivity contribution >= 4 is 108 Å². The summed E-state index contributed by atoms with van der Waals surface area (Å²) >= 11 is 0. The Morgan fingerprint density at radius 2 is 1.02 bits per heavy atom. The molecule has 0 aliphatic carbocycles. The van der Waals surface area contributed by atoms with Crippen LogP contribution in [0.5, 0.6) is 5.75 Å². The normalized spacial score (nSPS) is 14.0. The summed E-state index contributed by atoms with van der Waals surface area (Å²) in [5.74, 6) is 0.596. The Morgan fingerprint density at radius 1 is 0.547 bits per heavy atom. The van der Waals surface area contributed by atoms with Crippen LogP contribution in [0.1, 0.15) is 47.1 Å². The standard InChI is InChI=1S/C37H14N4O5S.3C2H6/c42-36-17-9-14-13-46-23-10-15-27-18(37(43)40-21-7-3-1-5-19(21)38-34(15)40)12-25-31-30-24(47(25,44)45)11-16(28(17)32(30)26(14)29(23)33(27)31)35-39-20-6-2-4-8-22(20)41(35)36;3*1-2/h1-12H,13H2;3*1-2H3. The highest BCUT2D eigenvalue weighted by atomic mass is 32.2. The predicted octanol–water partition coefficient (Wildman–Crippen LogP) is 9.36. The lowest BCUT2D eigenvalue weighted by atomic mass is 9.83. The van der Waals surface area contributed by atoms with E-state index in [1.54, 1.807) is 20.9 Å². The summed E-state index contributed by atoms with van der Waals surface area (Å²) in [6.45, 7) is 12.2. The molecule has 2 aliphatic heterocycles. The number of ether oxygens (including phenoxy) is 1. The van der Waals surface area contributed by atoms with Gasteiger partial charge in [0, 0.05) is 59.2 Å². The third-order valence-electron chi connectivity index (χ3n) is 10.7. The lowest BCUT2D eigenvalue weighted by molar-refractivity contribution is 0.309. The molecule has 13 rings (SSSR count). The van der Waals surface area contributed by atoms with Crippen LogP contribution in [0, 0.1) is 0 Å². The molecule has 0 amide bonds. The number of sulfone groups is 1. The summed E-state index contributed by atoms with van der Waals surface area (Å²) in [7, 11) is -4.09. The second-order valence-corrected chi connectivity index (χ2v) is 14.7. The molecule has 0 radical (unpaired) electrons. The van der Waals surface area contributed by atoms with Crippen molar-refractivity contribution in [2.24, 2.45) is 0 Å². The Balaban J connectivity index is 0.000000558. The Hall–Kier alpha value is -6.13. The average molecular weight is 717 g/mol. The van der Waals surface area contributed by atoms with Gasteiger partial charge in [0.15, 0.2) is 0 Å². The van der Waals surface area contributed by atoms with Gasteiger partial charge in [0.2, 0.25) is 9.84 Å². The van der Waals surface area contributed by atoms with Crippen molar-refractivity contribution < 1.29 is 13.2 Å². The molecule has 0 atom stereocenters. The Morgan fingerprint density at radius 3 is 1.58 bits per heavy atom. The molecular weight excluding hydrogens is 685 g/mol. The second-order valence-electron chi connectivity index (χ2n) is 12.8. The quantitative estimate of drug-likeness (QED) is 0.114. The Kier molecular flexibility index (Phi) is 6.25. The molecule has 0 fully saturated rings. The molecule has 0 bridgehead atoms. The van der Waals surface area contributed by atoms with Crippen molar-refractivity contribution in [3.05, 3.63) is 99.1 Å². The molecule has 10 heteroatoms. The molecule has 4 aromatic heterocycles. The van der Waals surface area contributed by atoms with Gasteiger partial charge in [0.25, 0.3) is 11.1 Å². The van der Waals surface area contributed by atoms with Crippen LogP contribution >= 0.6 is 0 Å². The molecule has 11 aromatic rings. The van der Waals surface area contributed by atoms with Crippen LogP contribution in [0.15, 0.2) is 92.2 Å². The highest BCUT2D eigenvalue weighted by molar-refractivity contribution is 7.92. The van der Waals surface area contributed by atoms with E-state index >= 15 is 0 Å². The summed E-state index contributed by atoms with van der Waals surface area (Å²) in [4.78, 5) is 38.7. The molecule has 0 unspecified atom stereocenters. The largest absolute Gasteiger partial charge is 0.488 e. The predicted molar refractivity (Wildman–Crippen MR) is 214 cm³/mol. The number of aromatic nitrogens is 4. The molecule has 0 saturated carbocycles. The zero-order chi connectivity index (χ0) is 36.8. The van der Waals surface area contributed by atoms with E-state index in [1.165, 1.54) is 0 Å². The topological polar surface area (TPSA) is 112 Å². The maximum absolute atomic E-state index is 14.7. The fourth-order valence-electron chi connectivity index (χ4n) is 8.96. The maximum atomic E-state index is 14.7. The zero-order valence-electron chi connectivity index (χ0n) is 29.9. The van der Waals surface area contributed by atoms with Gasteiger partial charge in [-0.05, 0) is 54.1 Å². The van der Waals surface area contributed by atoms with Crippen LogP contribution in [0.25, 0.3) is 98.0 Å². The van der Waals surface area contributed by atoms with Crippen molar-refractivity contribution in [3.63, 3.8) is 0 Å².